The maximum absolute atomic E-state index is 13.5. The fraction of sp³-hybridized carbons (Fsp3) is 0.444. The number of aliphatic hydroxyl groups is 1. The number of benzene rings is 2. The molecule has 0 aliphatic carbocycles. The zero-order chi connectivity index (χ0) is 24.8. The van der Waals surface area contributed by atoms with Crippen LogP contribution in [0.15, 0.2) is 48.7 Å². The van der Waals surface area contributed by atoms with Gasteiger partial charge in [0, 0.05) is 43.0 Å². The van der Waals surface area contributed by atoms with Crippen molar-refractivity contribution in [3.63, 3.8) is 0 Å². The van der Waals surface area contributed by atoms with E-state index in [0.717, 1.165) is 35.5 Å². The van der Waals surface area contributed by atoms with E-state index in [-0.39, 0.29) is 12.5 Å². The van der Waals surface area contributed by atoms with Gasteiger partial charge in [-0.2, -0.15) is 0 Å². The fourth-order valence-corrected chi connectivity index (χ4v) is 5.54. The summed E-state index contributed by atoms with van der Waals surface area (Å²) in [7, 11) is 2.05. The molecule has 0 radical (unpaired) electrons. The number of hydrogen-bond acceptors (Lipinski definition) is 5. The zero-order valence-electron chi connectivity index (χ0n) is 20.5. The number of nitrogens with one attached hydrogen (secondary N) is 2. The number of aromatic nitrogens is 1. The molecular formula is C27H35FN4O2S. The summed E-state index contributed by atoms with van der Waals surface area (Å²) in [5.74, 6) is 0.788. The van der Waals surface area contributed by atoms with Gasteiger partial charge in [0.15, 0.2) is 0 Å². The second-order valence-corrected chi connectivity index (χ2v) is 10.2. The third-order valence-corrected chi connectivity index (χ3v) is 7.53. The Morgan fingerprint density at radius 3 is 2.80 bits per heavy atom. The van der Waals surface area contributed by atoms with Gasteiger partial charge in [-0.3, -0.25) is 9.18 Å². The average molecular weight is 499 g/mol. The maximum atomic E-state index is 13.5. The Morgan fingerprint density at radius 2 is 2.06 bits per heavy atom. The number of nitrogens with zero attached hydrogens (tertiary/aromatic N) is 2. The lowest BCUT2D eigenvalue weighted by molar-refractivity contribution is 0.0830. The molecular weight excluding hydrogens is 463 g/mol. The summed E-state index contributed by atoms with van der Waals surface area (Å²) in [6, 6.07) is 13.3. The molecule has 1 amide bonds. The summed E-state index contributed by atoms with van der Waals surface area (Å²) in [6.07, 6.45) is 3.29. The summed E-state index contributed by atoms with van der Waals surface area (Å²) in [4.78, 5) is 13.5. The number of carbonyl (C=O) groups excluding carboxylic acids is 1. The molecule has 2 aromatic carbocycles. The van der Waals surface area contributed by atoms with Crippen molar-refractivity contribution in [1.29, 1.82) is 0 Å². The molecule has 0 saturated carbocycles. The van der Waals surface area contributed by atoms with Gasteiger partial charge in [0.25, 0.3) is 5.91 Å². The highest BCUT2D eigenvalue weighted by Gasteiger charge is 2.25. The Bertz CT molecular complexity index is 1140. The molecule has 0 spiro atoms. The van der Waals surface area contributed by atoms with Crippen LogP contribution < -0.4 is 14.9 Å². The van der Waals surface area contributed by atoms with Crippen LogP contribution in [-0.2, 0) is 19.4 Å². The fourth-order valence-electron chi connectivity index (χ4n) is 4.67. The van der Waals surface area contributed by atoms with Gasteiger partial charge in [-0.25, -0.2) is 0 Å². The topological polar surface area (TPSA) is 69.5 Å². The number of amides is 1. The van der Waals surface area contributed by atoms with Gasteiger partial charge in [0.1, 0.15) is 0 Å². The average Bonchev–Trinajstić information content (AvgIpc) is 3.15. The molecule has 2 atom stereocenters. The van der Waals surface area contributed by atoms with E-state index in [2.05, 4.69) is 32.6 Å². The van der Waals surface area contributed by atoms with E-state index in [9.17, 15) is 14.3 Å². The van der Waals surface area contributed by atoms with Gasteiger partial charge in [-0.1, -0.05) is 30.3 Å². The van der Waals surface area contributed by atoms with Crippen molar-refractivity contribution in [1.82, 2.24) is 15.2 Å². The minimum atomic E-state index is -0.812. The van der Waals surface area contributed by atoms with Crippen molar-refractivity contribution in [2.45, 2.75) is 44.9 Å². The number of aliphatic hydroxyl groups excluding tert-OH is 1. The highest BCUT2D eigenvalue weighted by atomic mass is 32.2. The minimum absolute atomic E-state index is 0.208. The lowest BCUT2D eigenvalue weighted by Gasteiger charge is -2.25. The highest BCUT2D eigenvalue weighted by Crippen LogP contribution is 2.38. The number of hydrogen-bond donors (Lipinski definition) is 3. The van der Waals surface area contributed by atoms with Gasteiger partial charge in [-0.05, 0) is 67.9 Å². The second kappa shape index (κ2) is 11.9. The lowest BCUT2D eigenvalue weighted by Crippen LogP contribution is -2.48. The first-order valence-electron chi connectivity index (χ1n) is 12.3. The molecule has 4 rings (SSSR count). The van der Waals surface area contributed by atoms with Crippen LogP contribution in [0, 0.1) is 0 Å². The predicted octanol–water partition coefficient (Wildman–Crippen LogP) is 3.95. The van der Waals surface area contributed by atoms with Gasteiger partial charge in [0.05, 0.1) is 30.0 Å². The van der Waals surface area contributed by atoms with Gasteiger partial charge in [-0.15, -0.1) is 0 Å². The van der Waals surface area contributed by atoms with Crippen molar-refractivity contribution < 1.29 is 14.3 Å². The molecule has 0 bridgehead atoms. The molecule has 3 aromatic rings. The van der Waals surface area contributed by atoms with Gasteiger partial charge in [0.2, 0.25) is 0 Å². The van der Waals surface area contributed by atoms with Gasteiger partial charge < -0.3 is 24.6 Å². The van der Waals surface area contributed by atoms with Crippen LogP contribution in [0.5, 0.6) is 0 Å². The number of aryl methyl sites for hydroxylation is 2. The van der Waals surface area contributed by atoms with Crippen molar-refractivity contribution in [3.05, 3.63) is 65.4 Å². The smallest absolute Gasteiger partial charge is 0.251 e. The quantitative estimate of drug-likeness (QED) is 0.276. The SMILES string of the molecule is CCn1cc2c3c(cc(C(=O)N[C@@H](Cc4ccccc4)[C@H](O)CNCCCF)cc31)N(C)SCC2. The van der Waals surface area contributed by atoms with Crippen molar-refractivity contribution in [2.75, 3.05) is 36.9 Å². The van der Waals surface area contributed by atoms with E-state index in [1.165, 1.54) is 10.9 Å². The Morgan fingerprint density at radius 1 is 1.26 bits per heavy atom. The Kier molecular flexibility index (Phi) is 8.70. The standard InChI is InChI=1S/C27H35FN4O2S/c1-3-32-18-20-10-13-35-31(2)23-15-21(16-24(32)26(20)23)27(34)30-22(14-19-8-5-4-6-9-19)25(33)17-29-12-7-11-28/h4-6,8-9,15-16,18,22,25,29,33H,3,7,10-14,17H2,1-2H3,(H,30,34)/t22-,25+/m0/s1. The maximum Gasteiger partial charge on any atom is 0.251 e. The molecule has 0 fully saturated rings. The monoisotopic (exact) mass is 498 g/mol. The molecule has 8 heteroatoms. The first kappa shape index (κ1) is 25.5. The molecule has 0 unspecified atom stereocenters. The molecule has 35 heavy (non-hydrogen) atoms. The predicted molar refractivity (Wildman–Crippen MR) is 143 cm³/mol. The summed E-state index contributed by atoms with van der Waals surface area (Å²) in [6.45, 7) is 3.31. The van der Waals surface area contributed by atoms with E-state index < -0.39 is 18.8 Å². The van der Waals surface area contributed by atoms with E-state index >= 15 is 0 Å². The van der Waals surface area contributed by atoms with E-state index in [0.29, 0.717) is 24.9 Å². The highest BCUT2D eigenvalue weighted by molar-refractivity contribution is 8.00. The Hall–Kier alpha value is -2.55. The van der Waals surface area contributed by atoms with Gasteiger partial charge >= 0.3 is 0 Å². The largest absolute Gasteiger partial charge is 0.390 e. The van der Waals surface area contributed by atoms with E-state index in [1.54, 1.807) is 11.9 Å². The summed E-state index contributed by atoms with van der Waals surface area (Å²) >= 11 is 1.76. The molecule has 3 N–H and O–H groups in total. The Labute approximate surface area is 211 Å². The first-order valence-corrected chi connectivity index (χ1v) is 13.3. The van der Waals surface area contributed by atoms with Crippen LogP contribution in [0.4, 0.5) is 10.1 Å². The molecule has 1 aliphatic rings. The third kappa shape index (κ3) is 6.00. The molecule has 1 aliphatic heterocycles. The van der Waals surface area contributed by atoms with Crippen LogP contribution in [-0.4, -0.2) is 60.3 Å². The number of alkyl halides is 1. The number of carbonyl (C=O) groups is 1. The normalized spacial score (nSPS) is 15.1. The van der Waals surface area contributed by atoms with Crippen molar-refractivity contribution in [3.8, 4) is 0 Å². The lowest BCUT2D eigenvalue weighted by atomic mass is 10.00. The molecule has 0 saturated heterocycles. The van der Waals surface area contributed by atoms with Crippen LogP contribution in [0.1, 0.15) is 34.8 Å². The second-order valence-electron chi connectivity index (χ2n) is 8.99. The van der Waals surface area contributed by atoms with E-state index in [4.69, 9.17) is 0 Å². The van der Waals surface area contributed by atoms with Crippen LogP contribution in [0.2, 0.25) is 0 Å². The number of halogens is 1. The zero-order valence-corrected chi connectivity index (χ0v) is 21.3. The number of anilines is 1. The Balaban J connectivity index is 1.61. The van der Waals surface area contributed by atoms with Crippen LogP contribution >= 0.6 is 11.9 Å². The molecule has 2 heterocycles. The van der Waals surface area contributed by atoms with Crippen LogP contribution in [0.3, 0.4) is 0 Å². The van der Waals surface area contributed by atoms with E-state index in [1.807, 2.05) is 49.5 Å². The molecule has 1 aromatic heterocycles. The third-order valence-electron chi connectivity index (χ3n) is 6.56. The van der Waals surface area contributed by atoms with Crippen molar-refractivity contribution >= 4 is 34.4 Å². The first-order chi connectivity index (χ1) is 17.0. The van der Waals surface area contributed by atoms with Crippen molar-refractivity contribution in [2.24, 2.45) is 0 Å². The molecule has 188 valence electrons. The number of rotatable bonds is 11. The summed E-state index contributed by atoms with van der Waals surface area (Å²) in [5, 5.41) is 18.3. The molecule has 6 nitrogen and oxygen atoms in total. The van der Waals surface area contributed by atoms with Crippen LogP contribution in [0.25, 0.3) is 10.9 Å². The summed E-state index contributed by atoms with van der Waals surface area (Å²) in [5.41, 5.74) is 5.04. The summed E-state index contributed by atoms with van der Waals surface area (Å²) < 4.78 is 16.8. The minimum Gasteiger partial charge on any atom is -0.390 e.